The summed E-state index contributed by atoms with van der Waals surface area (Å²) in [6.45, 7) is -1.16. The van der Waals surface area contributed by atoms with E-state index in [1.54, 1.807) is 0 Å². The Hall–Kier alpha value is -5.51. The van der Waals surface area contributed by atoms with Crippen LogP contribution in [-0.2, 0) is 46.9 Å². The zero-order chi connectivity index (χ0) is 39.5. The second-order valence-electron chi connectivity index (χ2n) is 13.2. The highest BCUT2D eigenvalue weighted by atomic mass is 35.5. The van der Waals surface area contributed by atoms with Gasteiger partial charge in [-0.15, -0.1) is 0 Å². The molecule has 0 saturated heterocycles. The number of halogens is 8. The molecule has 1 fully saturated rings. The van der Waals surface area contributed by atoms with Gasteiger partial charge in [0.1, 0.15) is 29.7 Å². The zero-order valence-electron chi connectivity index (χ0n) is 27.9. The molecule has 3 atom stereocenters. The Morgan fingerprint density at radius 2 is 1.85 bits per heavy atom. The molecular weight excluding hydrogens is 791 g/mol. The minimum atomic E-state index is -5.11. The number of oxazole rings is 1. The summed E-state index contributed by atoms with van der Waals surface area (Å²) in [5.74, 6) is -10.0. The molecule has 0 radical (unpaired) electrons. The molecule has 2 aliphatic carbocycles. The Labute approximate surface area is 307 Å². The normalized spacial score (nSPS) is 18.1. The van der Waals surface area contributed by atoms with E-state index in [4.69, 9.17) is 16.0 Å². The van der Waals surface area contributed by atoms with Crippen molar-refractivity contribution in [1.29, 1.82) is 0 Å². The topological polar surface area (TPSA) is 172 Å². The first-order valence-electron chi connectivity index (χ1n) is 16.0. The number of aromatic nitrogens is 7. The van der Waals surface area contributed by atoms with Gasteiger partial charge in [-0.25, -0.2) is 22.2 Å². The van der Waals surface area contributed by atoms with Gasteiger partial charge in [-0.1, -0.05) is 11.6 Å². The van der Waals surface area contributed by atoms with E-state index in [0.717, 1.165) is 29.3 Å². The lowest BCUT2D eigenvalue weighted by molar-refractivity contribution is -0.142. The second-order valence-corrected chi connectivity index (χ2v) is 15.3. The summed E-state index contributed by atoms with van der Waals surface area (Å²) in [6.07, 6.45) is -4.07. The van der Waals surface area contributed by atoms with Crippen LogP contribution in [0.5, 0.6) is 0 Å². The summed E-state index contributed by atoms with van der Waals surface area (Å²) < 4.78 is 136. The average Bonchev–Trinajstić information content (AvgIpc) is 3.28. The summed E-state index contributed by atoms with van der Waals surface area (Å²) in [5, 5.41) is 10.1. The molecule has 1 amide bonds. The summed E-state index contributed by atoms with van der Waals surface area (Å²) in [7, 11) is -2.52. The van der Waals surface area contributed by atoms with Crippen LogP contribution in [0, 0.1) is 17.6 Å². The number of hydrogen-bond acceptors (Lipinski definition) is 9. The molecule has 55 heavy (non-hydrogen) atoms. The van der Waals surface area contributed by atoms with Crippen molar-refractivity contribution < 1.29 is 48.4 Å². The fraction of sp³-hybridized carbons (Fsp3) is 0.312. The molecule has 2 aromatic carbocycles. The van der Waals surface area contributed by atoms with Crippen LogP contribution in [0.4, 0.5) is 36.6 Å². The number of sulfonamides is 1. The number of fused-ring (bicyclic) bond motifs is 5. The van der Waals surface area contributed by atoms with Gasteiger partial charge in [-0.05, 0) is 42.2 Å². The van der Waals surface area contributed by atoms with E-state index >= 15 is 8.78 Å². The van der Waals surface area contributed by atoms with Crippen LogP contribution < -0.4 is 15.6 Å². The number of anilines is 1. The van der Waals surface area contributed by atoms with Crippen LogP contribution in [0.2, 0.25) is 5.02 Å². The molecule has 4 aromatic heterocycles. The van der Waals surface area contributed by atoms with Crippen molar-refractivity contribution in [3.8, 4) is 5.69 Å². The number of aryl methyl sites for hydroxylation is 1. The molecule has 23 heteroatoms. The van der Waals surface area contributed by atoms with Crippen LogP contribution in [-0.4, -0.2) is 54.7 Å². The molecule has 14 nitrogen and oxygen atoms in total. The van der Waals surface area contributed by atoms with Gasteiger partial charge >= 0.3 is 11.7 Å². The molecule has 1 saturated carbocycles. The van der Waals surface area contributed by atoms with Crippen molar-refractivity contribution >= 4 is 55.5 Å². The van der Waals surface area contributed by atoms with Gasteiger partial charge in [-0.2, -0.15) is 37.1 Å². The van der Waals surface area contributed by atoms with Gasteiger partial charge in [-0.3, -0.25) is 28.2 Å². The first-order chi connectivity index (χ1) is 25.7. The molecule has 0 bridgehead atoms. The van der Waals surface area contributed by atoms with E-state index in [2.05, 4.69) is 30.2 Å². The Kier molecular flexibility index (Phi) is 8.12. The highest BCUT2D eigenvalue weighted by Crippen LogP contribution is 2.68. The third-order valence-corrected chi connectivity index (χ3v) is 10.2. The van der Waals surface area contributed by atoms with E-state index in [0.29, 0.717) is 6.07 Å². The molecule has 288 valence electrons. The molecular formula is C32H23ClF7N9O5S. The smallest absolute Gasteiger partial charge is 0.435 e. The molecule has 6 aromatic rings. The van der Waals surface area contributed by atoms with Crippen LogP contribution in [0.3, 0.4) is 0 Å². The number of nitrogens with zero attached hydrogens (tertiary/aromatic N) is 7. The Morgan fingerprint density at radius 1 is 1.15 bits per heavy atom. The van der Waals surface area contributed by atoms with Crippen molar-refractivity contribution in [2.24, 2.45) is 13.0 Å². The first-order valence-corrected chi connectivity index (χ1v) is 18.3. The molecule has 4 heterocycles. The van der Waals surface area contributed by atoms with Crippen LogP contribution in [0.15, 0.2) is 45.9 Å². The van der Waals surface area contributed by atoms with Crippen molar-refractivity contribution in [2.45, 2.75) is 43.4 Å². The summed E-state index contributed by atoms with van der Waals surface area (Å²) >= 11 is 6.49. The number of nitrogens with one attached hydrogen (secondary N) is 2. The maximum absolute atomic E-state index is 15.3. The minimum absolute atomic E-state index is 0.0131. The lowest BCUT2D eigenvalue weighted by Crippen LogP contribution is -2.38. The Bertz CT molecular complexity index is 2760. The standard InChI is InChI=1S/C32H23ClF7N9O5S/c1-47-23-19(4-3-17(33)22(23)27(45-47)46-55(2,52)53)49-29(43-28-24(30(49)51)54-11-41-28)18(7-12-5-13(34)8-14(35)6-12)42-20(50)10-48-26-21(25(44-48)32(38,39)40)15-9-16(15)31(26,36)37/h3-6,8,11,15-16,18H,7,9-10H2,1-2H3,(H,42,50)(H,45,46)/t15-,16+,18-/m0/s1. The lowest BCUT2D eigenvalue weighted by atomic mass is 10.0. The van der Waals surface area contributed by atoms with Gasteiger partial charge in [0.05, 0.1) is 33.9 Å². The fourth-order valence-electron chi connectivity index (χ4n) is 7.22. The van der Waals surface area contributed by atoms with Gasteiger partial charge in [0.25, 0.3) is 5.92 Å². The highest BCUT2D eigenvalue weighted by Gasteiger charge is 2.68. The molecule has 2 N–H and O–H groups in total. The third kappa shape index (κ3) is 6.15. The number of rotatable bonds is 9. The number of benzene rings is 2. The molecule has 8 rings (SSSR count). The zero-order valence-corrected chi connectivity index (χ0v) is 29.5. The second kappa shape index (κ2) is 12.2. The van der Waals surface area contributed by atoms with Crippen molar-refractivity contribution in [3.05, 3.63) is 92.1 Å². The van der Waals surface area contributed by atoms with Crippen molar-refractivity contribution in [1.82, 2.24) is 39.4 Å². The lowest BCUT2D eigenvalue weighted by Gasteiger charge is -2.23. The highest BCUT2D eigenvalue weighted by molar-refractivity contribution is 7.92. The van der Waals surface area contributed by atoms with E-state index < -0.39 is 98.6 Å². The van der Waals surface area contributed by atoms with Crippen molar-refractivity contribution in [3.63, 3.8) is 0 Å². The van der Waals surface area contributed by atoms with Gasteiger partial charge in [0, 0.05) is 31.0 Å². The number of hydrogen-bond donors (Lipinski definition) is 2. The molecule has 0 unspecified atom stereocenters. The van der Waals surface area contributed by atoms with Crippen LogP contribution >= 0.6 is 11.6 Å². The van der Waals surface area contributed by atoms with Gasteiger partial charge in [0.15, 0.2) is 17.9 Å². The summed E-state index contributed by atoms with van der Waals surface area (Å²) in [4.78, 5) is 36.4. The van der Waals surface area contributed by atoms with E-state index in [1.807, 2.05) is 0 Å². The minimum Gasteiger partial charge on any atom is -0.436 e. The largest absolute Gasteiger partial charge is 0.436 e. The maximum Gasteiger partial charge on any atom is 0.435 e. The summed E-state index contributed by atoms with van der Waals surface area (Å²) in [5.41, 5.74) is -5.06. The predicted octanol–water partition coefficient (Wildman–Crippen LogP) is 5.09. The van der Waals surface area contributed by atoms with Crippen molar-refractivity contribution in [2.75, 3.05) is 11.0 Å². The number of carbonyl (C=O) groups excluding carboxylic acids is 1. The first kappa shape index (κ1) is 36.5. The monoisotopic (exact) mass is 813 g/mol. The summed E-state index contributed by atoms with van der Waals surface area (Å²) in [6, 6.07) is 3.41. The molecule has 2 aliphatic rings. The van der Waals surface area contributed by atoms with E-state index in [9.17, 15) is 40.0 Å². The fourth-order valence-corrected chi connectivity index (χ4v) is 7.96. The SMILES string of the molecule is Cn1nc(NS(C)(=O)=O)c2c(Cl)ccc(-n3c([C@H](Cc4cc(F)cc(F)c4)NC(=O)Cn4nc(C(F)(F)F)c5c4C(F)(F)[C@@H]4C[C@H]54)nc4ncoc4c3=O)c21. The average molecular weight is 814 g/mol. The maximum atomic E-state index is 15.3. The van der Waals surface area contributed by atoms with E-state index in [1.165, 1.54) is 23.9 Å². The van der Waals surface area contributed by atoms with Gasteiger partial charge in [0.2, 0.25) is 27.2 Å². The van der Waals surface area contributed by atoms with Gasteiger partial charge < -0.3 is 9.73 Å². The van der Waals surface area contributed by atoms with Crippen LogP contribution in [0.25, 0.3) is 27.8 Å². The predicted molar refractivity (Wildman–Crippen MR) is 178 cm³/mol. The van der Waals surface area contributed by atoms with E-state index in [-0.39, 0.29) is 55.6 Å². The quantitative estimate of drug-likeness (QED) is 0.189. The van der Waals surface area contributed by atoms with Crippen LogP contribution in [0.1, 0.15) is 46.7 Å². The third-order valence-electron chi connectivity index (χ3n) is 9.34. The number of carbonyl (C=O) groups is 1. The molecule has 0 aliphatic heterocycles. The molecule has 0 spiro atoms. The Morgan fingerprint density at radius 3 is 2.53 bits per heavy atom. The number of amides is 1. The Balaban J connectivity index is 1.29. The number of alkyl halides is 5.